The van der Waals surface area contributed by atoms with Gasteiger partial charge in [-0.1, -0.05) is 37.8 Å². The number of carbonyl (C=O) groups excluding carboxylic acids is 1. The van der Waals surface area contributed by atoms with Crippen molar-refractivity contribution in [2.24, 2.45) is 0 Å². The molecule has 1 aromatic carbocycles. The molecular formula is C19H26F3NO3. The number of nitrogens with one attached hydrogen (secondary N) is 1. The van der Waals surface area contributed by atoms with Crippen LogP contribution in [0, 0.1) is 0 Å². The molecule has 26 heavy (non-hydrogen) atoms. The van der Waals surface area contributed by atoms with Gasteiger partial charge in [0.25, 0.3) is 0 Å². The molecule has 0 aromatic heterocycles. The Hall–Kier alpha value is -1.76. The van der Waals surface area contributed by atoms with Crippen LogP contribution >= 0.6 is 0 Å². The van der Waals surface area contributed by atoms with Crippen LogP contribution in [-0.2, 0) is 11.2 Å². The number of ether oxygens (including phenoxy) is 1. The van der Waals surface area contributed by atoms with Crippen LogP contribution in [0.4, 0.5) is 13.2 Å². The smallest absolute Gasteiger partial charge is 0.471 e. The Morgan fingerprint density at radius 2 is 1.88 bits per heavy atom. The molecule has 1 aliphatic carbocycles. The summed E-state index contributed by atoms with van der Waals surface area (Å²) in [5.41, 5.74) is 0.130. The second kappa shape index (κ2) is 9.26. The van der Waals surface area contributed by atoms with E-state index >= 15 is 0 Å². The van der Waals surface area contributed by atoms with Gasteiger partial charge in [0.15, 0.2) is 0 Å². The molecule has 1 saturated carbocycles. The molecule has 0 atom stereocenters. The highest BCUT2D eigenvalue weighted by Crippen LogP contribution is 2.28. The molecule has 1 aliphatic rings. The third kappa shape index (κ3) is 6.86. The van der Waals surface area contributed by atoms with Crippen LogP contribution in [0.2, 0.25) is 0 Å². The number of aryl methyl sites for hydroxylation is 1. The molecule has 0 unspecified atom stereocenters. The Balaban J connectivity index is 1.77. The lowest BCUT2D eigenvalue weighted by Crippen LogP contribution is -2.37. The number of hydrogen-bond donors (Lipinski definition) is 2. The summed E-state index contributed by atoms with van der Waals surface area (Å²) < 4.78 is 42.1. The largest absolute Gasteiger partial charge is 0.491 e. The van der Waals surface area contributed by atoms with E-state index in [4.69, 9.17) is 4.74 Å². The van der Waals surface area contributed by atoms with Gasteiger partial charge in [0.1, 0.15) is 12.4 Å². The van der Waals surface area contributed by atoms with Crippen molar-refractivity contribution in [1.29, 1.82) is 0 Å². The summed E-state index contributed by atoms with van der Waals surface area (Å²) >= 11 is 0. The van der Waals surface area contributed by atoms with E-state index in [1.165, 1.54) is 0 Å². The number of aliphatic hydroxyl groups is 1. The highest BCUT2D eigenvalue weighted by Gasteiger charge is 2.38. The monoisotopic (exact) mass is 373 g/mol. The van der Waals surface area contributed by atoms with Crippen molar-refractivity contribution in [3.8, 4) is 5.75 Å². The van der Waals surface area contributed by atoms with Gasteiger partial charge < -0.3 is 15.2 Å². The summed E-state index contributed by atoms with van der Waals surface area (Å²) in [7, 11) is 0. The van der Waals surface area contributed by atoms with Crippen LogP contribution < -0.4 is 10.1 Å². The predicted molar refractivity (Wildman–Crippen MR) is 92.0 cm³/mol. The van der Waals surface area contributed by atoms with Crippen molar-refractivity contribution >= 4 is 5.91 Å². The SMILES string of the molecule is O=C(NCCCc1cccc(OCC2(O)CCCCCC2)c1)C(F)(F)F. The molecule has 0 saturated heterocycles. The lowest BCUT2D eigenvalue weighted by atomic mass is 9.96. The van der Waals surface area contributed by atoms with Gasteiger partial charge in [-0.3, -0.25) is 4.79 Å². The van der Waals surface area contributed by atoms with Crippen molar-refractivity contribution in [2.75, 3.05) is 13.2 Å². The van der Waals surface area contributed by atoms with E-state index < -0.39 is 17.7 Å². The Morgan fingerprint density at radius 1 is 1.19 bits per heavy atom. The number of amides is 1. The van der Waals surface area contributed by atoms with E-state index in [1.54, 1.807) is 6.07 Å². The average molecular weight is 373 g/mol. The van der Waals surface area contributed by atoms with Gasteiger partial charge in [-0.15, -0.1) is 0 Å². The molecule has 4 nitrogen and oxygen atoms in total. The van der Waals surface area contributed by atoms with Gasteiger partial charge in [-0.25, -0.2) is 0 Å². The van der Waals surface area contributed by atoms with Crippen LogP contribution in [-0.4, -0.2) is 35.9 Å². The van der Waals surface area contributed by atoms with Crippen LogP contribution in [0.5, 0.6) is 5.75 Å². The predicted octanol–water partition coefficient (Wildman–Crippen LogP) is 3.76. The molecule has 0 radical (unpaired) electrons. The van der Waals surface area contributed by atoms with E-state index in [2.05, 4.69) is 0 Å². The maximum Gasteiger partial charge on any atom is 0.471 e. The molecule has 1 amide bonds. The van der Waals surface area contributed by atoms with Gasteiger partial charge in [0, 0.05) is 6.54 Å². The molecule has 2 rings (SSSR count). The fourth-order valence-corrected chi connectivity index (χ4v) is 3.13. The molecule has 1 fully saturated rings. The van der Waals surface area contributed by atoms with Crippen LogP contribution in [0.1, 0.15) is 50.5 Å². The first-order chi connectivity index (χ1) is 12.3. The first-order valence-electron chi connectivity index (χ1n) is 9.08. The molecule has 0 spiro atoms. The van der Waals surface area contributed by atoms with Crippen molar-refractivity contribution in [2.45, 2.75) is 63.1 Å². The van der Waals surface area contributed by atoms with E-state index in [0.717, 1.165) is 44.1 Å². The third-order valence-electron chi connectivity index (χ3n) is 4.63. The topological polar surface area (TPSA) is 58.6 Å². The molecule has 2 N–H and O–H groups in total. The zero-order valence-corrected chi connectivity index (χ0v) is 14.8. The van der Waals surface area contributed by atoms with E-state index in [9.17, 15) is 23.1 Å². The lowest BCUT2D eigenvalue weighted by Gasteiger charge is -2.26. The number of alkyl halides is 3. The summed E-state index contributed by atoms with van der Waals surface area (Å²) in [4.78, 5) is 10.7. The van der Waals surface area contributed by atoms with Crippen molar-refractivity contribution in [1.82, 2.24) is 5.32 Å². The second-order valence-corrected chi connectivity index (χ2v) is 6.93. The van der Waals surface area contributed by atoms with Gasteiger partial charge in [-0.2, -0.15) is 13.2 Å². The summed E-state index contributed by atoms with van der Waals surface area (Å²) in [6, 6.07) is 7.30. The van der Waals surface area contributed by atoms with Gasteiger partial charge in [-0.05, 0) is 43.4 Å². The zero-order chi connectivity index (χ0) is 19.0. The Labute approximate surface area is 151 Å². The lowest BCUT2D eigenvalue weighted by molar-refractivity contribution is -0.173. The minimum absolute atomic E-state index is 0.0385. The molecular weight excluding hydrogens is 347 g/mol. The fraction of sp³-hybridized carbons (Fsp3) is 0.632. The highest BCUT2D eigenvalue weighted by atomic mass is 19.4. The standard InChI is InChI=1S/C19H26F3NO3/c20-19(21,22)17(24)23-12-6-8-15-7-5-9-16(13-15)26-14-18(25)10-3-1-2-4-11-18/h5,7,9,13,25H,1-4,6,8,10-12,14H2,(H,23,24). The quantitative estimate of drug-likeness (QED) is 0.565. The second-order valence-electron chi connectivity index (χ2n) is 6.93. The minimum Gasteiger partial charge on any atom is -0.491 e. The third-order valence-corrected chi connectivity index (χ3v) is 4.63. The number of hydrogen-bond acceptors (Lipinski definition) is 3. The Morgan fingerprint density at radius 3 is 2.54 bits per heavy atom. The summed E-state index contributed by atoms with van der Waals surface area (Å²) in [6.45, 7) is 0.210. The van der Waals surface area contributed by atoms with E-state index in [0.29, 0.717) is 18.6 Å². The first kappa shape index (κ1) is 20.6. The molecule has 7 heteroatoms. The normalized spacial score (nSPS) is 17.4. The molecule has 146 valence electrons. The molecule has 0 heterocycles. The molecule has 0 bridgehead atoms. The van der Waals surface area contributed by atoms with Crippen LogP contribution in [0.3, 0.4) is 0 Å². The van der Waals surface area contributed by atoms with Crippen molar-refractivity contribution < 1.29 is 27.8 Å². The number of halogens is 3. The molecule has 0 aliphatic heterocycles. The summed E-state index contributed by atoms with van der Waals surface area (Å²) in [5.74, 6) is -1.27. The number of rotatable bonds is 7. The van der Waals surface area contributed by atoms with Gasteiger partial charge in [0.2, 0.25) is 0 Å². The van der Waals surface area contributed by atoms with Gasteiger partial charge in [0.05, 0.1) is 5.60 Å². The molecule has 1 aromatic rings. The minimum atomic E-state index is -4.84. The first-order valence-corrected chi connectivity index (χ1v) is 9.08. The fourth-order valence-electron chi connectivity index (χ4n) is 3.13. The maximum atomic E-state index is 12.1. The maximum absolute atomic E-state index is 12.1. The van der Waals surface area contributed by atoms with Crippen molar-refractivity contribution in [3.63, 3.8) is 0 Å². The van der Waals surface area contributed by atoms with Crippen LogP contribution in [0.15, 0.2) is 24.3 Å². The van der Waals surface area contributed by atoms with Crippen molar-refractivity contribution in [3.05, 3.63) is 29.8 Å². The zero-order valence-electron chi connectivity index (χ0n) is 14.8. The Bertz CT molecular complexity index is 582. The average Bonchev–Trinajstić information content (AvgIpc) is 2.81. The highest BCUT2D eigenvalue weighted by molar-refractivity contribution is 5.81. The number of carbonyl (C=O) groups is 1. The van der Waals surface area contributed by atoms with E-state index in [-0.39, 0.29) is 13.2 Å². The number of benzene rings is 1. The summed E-state index contributed by atoms with van der Waals surface area (Å²) in [5, 5.41) is 12.5. The van der Waals surface area contributed by atoms with Gasteiger partial charge >= 0.3 is 12.1 Å². The Kier molecular flexibility index (Phi) is 7.32. The van der Waals surface area contributed by atoms with E-state index in [1.807, 2.05) is 23.5 Å². The summed E-state index contributed by atoms with van der Waals surface area (Å²) in [6.07, 6.45) is 1.86. The van der Waals surface area contributed by atoms with Crippen LogP contribution in [0.25, 0.3) is 0 Å².